The Bertz CT molecular complexity index is 394. The smallest absolute Gasteiger partial charge is 0.139 e. The van der Waals surface area contributed by atoms with Gasteiger partial charge in [0.25, 0.3) is 0 Å². The molecule has 0 aliphatic heterocycles. The van der Waals surface area contributed by atoms with Crippen LogP contribution in [0.2, 0.25) is 0 Å². The average Bonchev–Trinajstić information content (AvgIpc) is 2.34. The Balaban J connectivity index is 2.91. The van der Waals surface area contributed by atoms with Crippen LogP contribution in [0.25, 0.3) is 11.0 Å². The summed E-state index contributed by atoms with van der Waals surface area (Å²) in [6, 6.07) is 3.91. The molecule has 2 aromatic rings. The second-order valence-electron chi connectivity index (χ2n) is 2.17. The van der Waals surface area contributed by atoms with Gasteiger partial charge in [-0.15, -0.1) is 0 Å². The third-order valence-corrected chi connectivity index (χ3v) is 2.51. The molecule has 2 heterocycles. The number of rotatable bonds is 0. The maximum Gasteiger partial charge on any atom is 0.139 e. The molecular formula is C7H4Br2N2. The molecular weight excluding hydrogens is 272 g/mol. The molecule has 2 rings (SSSR count). The average molecular weight is 276 g/mol. The predicted octanol–water partition coefficient (Wildman–Crippen LogP) is 3.09. The zero-order valence-electron chi connectivity index (χ0n) is 5.44. The maximum atomic E-state index is 4.23. The van der Waals surface area contributed by atoms with E-state index in [2.05, 4.69) is 41.8 Å². The van der Waals surface area contributed by atoms with Crippen LogP contribution in [0.1, 0.15) is 0 Å². The van der Waals surface area contributed by atoms with Crippen LogP contribution in [0.3, 0.4) is 0 Å². The number of aromatic nitrogens is 2. The van der Waals surface area contributed by atoms with Crippen molar-refractivity contribution in [3.8, 4) is 0 Å². The highest BCUT2D eigenvalue weighted by Crippen LogP contribution is 2.24. The van der Waals surface area contributed by atoms with Gasteiger partial charge in [-0.25, -0.2) is 4.98 Å². The number of fused-ring (bicyclic) bond motifs is 1. The lowest BCUT2D eigenvalue weighted by Crippen LogP contribution is -1.78. The number of nitrogens with one attached hydrogen (secondary N) is 1. The lowest BCUT2D eigenvalue weighted by atomic mass is 10.3. The van der Waals surface area contributed by atoms with Crippen molar-refractivity contribution in [1.82, 2.24) is 9.97 Å². The molecule has 11 heavy (non-hydrogen) atoms. The molecule has 0 radical (unpaired) electrons. The summed E-state index contributed by atoms with van der Waals surface area (Å²) >= 11 is 6.74. The van der Waals surface area contributed by atoms with Gasteiger partial charge in [-0.3, -0.25) is 0 Å². The third kappa shape index (κ3) is 1.20. The first-order valence-corrected chi connectivity index (χ1v) is 4.65. The summed E-state index contributed by atoms with van der Waals surface area (Å²) in [7, 11) is 0. The Hall–Kier alpha value is -0.350. The highest BCUT2D eigenvalue weighted by atomic mass is 79.9. The standard InChI is InChI=1S/C7H4Br2N2/c8-5-3-6(9)11-7-4(5)1-2-10-7/h1-3H,(H,10,11). The van der Waals surface area contributed by atoms with Crippen LogP contribution in [0, 0.1) is 0 Å². The second-order valence-corrected chi connectivity index (χ2v) is 3.83. The normalized spacial score (nSPS) is 10.7. The molecule has 0 unspecified atom stereocenters. The lowest BCUT2D eigenvalue weighted by molar-refractivity contribution is 1.28. The second kappa shape index (κ2) is 2.60. The Morgan fingerprint density at radius 1 is 1.36 bits per heavy atom. The van der Waals surface area contributed by atoms with E-state index in [0.717, 1.165) is 20.1 Å². The fourth-order valence-corrected chi connectivity index (χ4v) is 2.22. The first-order chi connectivity index (χ1) is 5.27. The molecule has 2 nitrogen and oxygen atoms in total. The fraction of sp³-hybridized carbons (Fsp3) is 0. The van der Waals surface area contributed by atoms with Crippen LogP contribution in [0.5, 0.6) is 0 Å². The zero-order chi connectivity index (χ0) is 7.84. The van der Waals surface area contributed by atoms with Gasteiger partial charge in [-0.1, -0.05) is 0 Å². The molecule has 0 atom stereocenters. The predicted molar refractivity (Wildman–Crippen MR) is 51.5 cm³/mol. The first kappa shape index (κ1) is 7.31. The van der Waals surface area contributed by atoms with E-state index < -0.39 is 0 Å². The van der Waals surface area contributed by atoms with Crippen LogP contribution >= 0.6 is 31.9 Å². The number of pyridine rings is 1. The van der Waals surface area contributed by atoms with E-state index in [4.69, 9.17) is 0 Å². The quantitative estimate of drug-likeness (QED) is 0.736. The molecule has 0 saturated heterocycles. The summed E-state index contributed by atoms with van der Waals surface area (Å²) in [5.41, 5.74) is 0.895. The number of aromatic amines is 1. The monoisotopic (exact) mass is 274 g/mol. The Morgan fingerprint density at radius 3 is 3.00 bits per heavy atom. The summed E-state index contributed by atoms with van der Waals surface area (Å²) in [6.07, 6.45) is 1.87. The van der Waals surface area contributed by atoms with E-state index in [1.54, 1.807) is 0 Å². The van der Waals surface area contributed by atoms with Gasteiger partial charge < -0.3 is 4.98 Å². The molecule has 0 fully saturated rings. The fourth-order valence-electron chi connectivity index (χ4n) is 0.967. The van der Waals surface area contributed by atoms with E-state index >= 15 is 0 Å². The summed E-state index contributed by atoms with van der Waals surface area (Å²) in [4.78, 5) is 7.26. The number of halogens is 2. The minimum absolute atomic E-state index is 0.833. The Morgan fingerprint density at radius 2 is 2.18 bits per heavy atom. The van der Waals surface area contributed by atoms with E-state index in [1.165, 1.54) is 0 Å². The van der Waals surface area contributed by atoms with Crippen molar-refractivity contribution in [2.45, 2.75) is 0 Å². The summed E-state index contributed by atoms with van der Waals surface area (Å²) < 4.78 is 1.88. The van der Waals surface area contributed by atoms with E-state index in [0.29, 0.717) is 0 Å². The van der Waals surface area contributed by atoms with Gasteiger partial charge in [0, 0.05) is 16.1 Å². The van der Waals surface area contributed by atoms with Gasteiger partial charge in [0.15, 0.2) is 0 Å². The van der Waals surface area contributed by atoms with Crippen LogP contribution in [0.4, 0.5) is 0 Å². The topological polar surface area (TPSA) is 28.7 Å². The van der Waals surface area contributed by atoms with Crippen molar-refractivity contribution in [3.63, 3.8) is 0 Å². The molecule has 2 aromatic heterocycles. The maximum absolute atomic E-state index is 4.23. The molecule has 0 aliphatic carbocycles. The molecule has 0 aliphatic rings. The number of hydrogen-bond acceptors (Lipinski definition) is 1. The van der Waals surface area contributed by atoms with E-state index in [9.17, 15) is 0 Å². The first-order valence-electron chi connectivity index (χ1n) is 3.06. The minimum Gasteiger partial charge on any atom is -0.346 e. The van der Waals surface area contributed by atoms with Gasteiger partial charge in [0.05, 0.1) is 0 Å². The van der Waals surface area contributed by atoms with Crippen LogP contribution < -0.4 is 0 Å². The molecule has 56 valence electrons. The van der Waals surface area contributed by atoms with Gasteiger partial charge in [-0.2, -0.15) is 0 Å². The zero-order valence-corrected chi connectivity index (χ0v) is 8.61. The van der Waals surface area contributed by atoms with Gasteiger partial charge in [-0.05, 0) is 44.0 Å². The van der Waals surface area contributed by atoms with Gasteiger partial charge in [0.2, 0.25) is 0 Å². The summed E-state index contributed by atoms with van der Waals surface area (Å²) in [5, 5.41) is 1.10. The van der Waals surface area contributed by atoms with Crippen LogP contribution in [-0.4, -0.2) is 9.97 Å². The van der Waals surface area contributed by atoms with Crippen molar-refractivity contribution in [2.24, 2.45) is 0 Å². The van der Waals surface area contributed by atoms with Crippen molar-refractivity contribution in [2.75, 3.05) is 0 Å². The molecule has 0 saturated carbocycles. The van der Waals surface area contributed by atoms with Crippen molar-refractivity contribution >= 4 is 42.9 Å². The Labute approximate surface area is 80.3 Å². The van der Waals surface area contributed by atoms with Crippen molar-refractivity contribution < 1.29 is 0 Å². The molecule has 0 amide bonds. The van der Waals surface area contributed by atoms with Crippen molar-refractivity contribution in [3.05, 3.63) is 27.4 Å². The van der Waals surface area contributed by atoms with Crippen LogP contribution in [-0.2, 0) is 0 Å². The number of nitrogens with zero attached hydrogens (tertiary/aromatic N) is 1. The number of hydrogen-bond donors (Lipinski definition) is 1. The molecule has 0 bridgehead atoms. The highest BCUT2D eigenvalue weighted by molar-refractivity contribution is 9.11. The molecule has 1 N–H and O–H groups in total. The van der Waals surface area contributed by atoms with Gasteiger partial charge in [0.1, 0.15) is 10.3 Å². The molecule has 0 spiro atoms. The summed E-state index contributed by atoms with van der Waals surface area (Å²) in [5.74, 6) is 0. The lowest BCUT2D eigenvalue weighted by Gasteiger charge is -1.93. The molecule has 0 aromatic carbocycles. The van der Waals surface area contributed by atoms with Crippen LogP contribution in [0.15, 0.2) is 27.4 Å². The SMILES string of the molecule is Brc1cc(Br)c2cc[nH]c2n1. The summed E-state index contributed by atoms with van der Waals surface area (Å²) in [6.45, 7) is 0. The minimum atomic E-state index is 0.833. The highest BCUT2D eigenvalue weighted by Gasteiger charge is 2.01. The van der Waals surface area contributed by atoms with Crippen molar-refractivity contribution in [1.29, 1.82) is 0 Å². The third-order valence-electron chi connectivity index (χ3n) is 1.45. The number of H-pyrrole nitrogens is 1. The van der Waals surface area contributed by atoms with Gasteiger partial charge >= 0.3 is 0 Å². The van der Waals surface area contributed by atoms with E-state index in [-0.39, 0.29) is 0 Å². The molecule has 4 heteroatoms. The van der Waals surface area contributed by atoms with E-state index in [1.807, 2.05) is 18.3 Å². The Kier molecular flexibility index (Phi) is 1.73. The largest absolute Gasteiger partial charge is 0.346 e.